The zero-order chi connectivity index (χ0) is 20.8. The molecule has 0 aliphatic carbocycles. The summed E-state index contributed by atoms with van der Waals surface area (Å²) in [5, 5.41) is 4.65. The molecule has 6 heteroatoms. The van der Waals surface area contributed by atoms with Gasteiger partial charge >= 0.3 is 0 Å². The van der Waals surface area contributed by atoms with Crippen molar-refractivity contribution in [2.24, 2.45) is 0 Å². The molecule has 3 rings (SSSR count). The lowest BCUT2D eigenvalue weighted by atomic mass is 10.0. The molecule has 6 nitrogen and oxygen atoms in total. The van der Waals surface area contributed by atoms with Gasteiger partial charge in [-0.05, 0) is 41.8 Å². The van der Waals surface area contributed by atoms with Crippen LogP contribution in [0.1, 0.15) is 27.0 Å². The van der Waals surface area contributed by atoms with Gasteiger partial charge in [0.15, 0.2) is 0 Å². The minimum atomic E-state index is -0.505. The van der Waals surface area contributed by atoms with Gasteiger partial charge in [-0.15, -0.1) is 0 Å². The predicted molar refractivity (Wildman–Crippen MR) is 112 cm³/mol. The number of hydrogen-bond acceptors (Lipinski definition) is 3. The fraction of sp³-hybridized carbons (Fsp3) is 0.174. The van der Waals surface area contributed by atoms with Crippen molar-refractivity contribution in [3.63, 3.8) is 0 Å². The van der Waals surface area contributed by atoms with Crippen LogP contribution in [-0.2, 0) is 16.0 Å². The fourth-order valence-electron chi connectivity index (χ4n) is 3.17. The Labute approximate surface area is 169 Å². The third-order valence-electron chi connectivity index (χ3n) is 4.62. The number of carbonyl (C=O) groups excluding carboxylic acids is 3. The third-order valence-corrected chi connectivity index (χ3v) is 4.62. The summed E-state index contributed by atoms with van der Waals surface area (Å²) in [5.74, 6) is -1.18. The molecule has 0 fully saturated rings. The number of carbonyl (C=O) groups is 3. The van der Waals surface area contributed by atoms with Crippen LogP contribution in [0.2, 0.25) is 0 Å². The van der Waals surface area contributed by atoms with Gasteiger partial charge in [0.1, 0.15) is 0 Å². The molecule has 0 bridgehead atoms. The number of amides is 3. The molecule has 0 radical (unpaired) electrons. The molecule has 3 aromatic carbocycles. The smallest absolute Gasteiger partial charge is 0.269 e. The maximum atomic E-state index is 12.2. The molecular formula is C23H23N3O3. The van der Waals surface area contributed by atoms with E-state index < -0.39 is 11.8 Å². The van der Waals surface area contributed by atoms with E-state index in [9.17, 15) is 14.4 Å². The van der Waals surface area contributed by atoms with Gasteiger partial charge in [0.05, 0.1) is 13.0 Å². The average molecular weight is 389 g/mol. The van der Waals surface area contributed by atoms with Crippen molar-refractivity contribution in [1.82, 2.24) is 16.2 Å². The number of rotatable bonds is 5. The fourth-order valence-corrected chi connectivity index (χ4v) is 3.17. The van der Waals surface area contributed by atoms with Gasteiger partial charge in [-0.1, -0.05) is 60.2 Å². The Hall–Kier alpha value is -3.67. The van der Waals surface area contributed by atoms with E-state index in [4.69, 9.17) is 0 Å². The Bertz CT molecular complexity index is 1070. The minimum Gasteiger partial charge on any atom is -0.347 e. The quantitative estimate of drug-likeness (QED) is 0.586. The lowest BCUT2D eigenvalue weighted by molar-refractivity contribution is -0.126. The highest BCUT2D eigenvalue weighted by molar-refractivity contribution is 5.97. The Kier molecular flexibility index (Phi) is 6.24. The maximum absolute atomic E-state index is 12.2. The molecule has 0 atom stereocenters. The van der Waals surface area contributed by atoms with Gasteiger partial charge in [0, 0.05) is 5.56 Å². The van der Waals surface area contributed by atoms with E-state index in [-0.39, 0.29) is 18.9 Å². The van der Waals surface area contributed by atoms with Crippen molar-refractivity contribution >= 4 is 28.5 Å². The Balaban J connectivity index is 1.49. The van der Waals surface area contributed by atoms with Crippen LogP contribution < -0.4 is 16.2 Å². The van der Waals surface area contributed by atoms with Gasteiger partial charge < -0.3 is 5.32 Å². The second-order valence-electron chi connectivity index (χ2n) is 6.91. The van der Waals surface area contributed by atoms with Crippen LogP contribution in [0.15, 0.2) is 60.7 Å². The number of nitrogens with one attached hydrogen (secondary N) is 3. The molecular weight excluding hydrogens is 366 g/mol. The summed E-state index contributed by atoms with van der Waals surface area (Å²) in [5.41, 5.74) is 7.93. The molecule has 3 aromatic rings. The van der Waals surface area contributed by atoms with Crippen molar-refractivity contribution in [3.05, 3.63) is 82.9 Å². The average Bonchev–Trinajstić information content (AvgIpc) is 2.71. The first-order chi connectivity index (χ1) is 13.9. The first-order valence-corrected chi connectivity index (χ1v) is 9.34. The van der Waals surface area contributed by atoms with Crippen LogP contribution >= 0.6 is 0 Å². The monoisotopic (exact) mass is 389 g/mol. The molecule has 0 aliphatic heterocycles. The van der Waals surface area contributed by atoms with Gasteiger partial charge in [-0.3, -0.25) is 25.2 Å². The van der Waals surface area contributed by atoms with Crippen molar-refractivity contribution in [2.45, 2.75) is 20.3 Å². The number of benzene rings is 3. The molecule has 0 saturated heterocycles. The summed E-state index contributed by atoms with van der Waals surface area (Å²) in [7, 11) is 0. The molecule has 0 spiro atoms. The molecule has 3 amide bonds. The highest BCUT2D eigenvalue weighted by Crippen LogP contribution is 2.18. The maximum Gasteiger partial charge on any atom is 0.269 e. The van der Waals surface area contributed by atoms with Crippen molar-refractivity contribution < 1.29 is 14.4 Å². The van der Waals surface area contributed by atoms with Crippen LogP contribution in [-0.4, -0.2) is 24.3 Å². The molecule has 148 valence electrons. The molecule has 0 aromatic heterocycles. The summed E-state index contributed by atoms with van der Waals surface area (Å²) in [6.07, 6.45) is 0.170. The van der Waals surface area contributed by atoms with Gasteiger partial charge in [-0.25, -0.2) is 0 Å². The summed E-state index contributed by atoms with van der Waals surface area (Å²) in [6, 6.07) is 19.0. The highest BCUT2D eigenvalue weighted by Gasteiger charge is 2.12. The van der Waals surface area contributed by atoms with E-state index >= 15 is 0 Å². The standard InChI is InChI=1S/C23H23N3O3/c1-15-10-11-19(16(2)12-15)23(29)26-25-22(28)14-24-21(27)13-18-8-5-7-17-6-3-4-9-20(17)18/h3-12H,13-14H2,1-2H3,(H,24,27)(H,25,28)(H,26,29). The topological polar surface area (TPSA) is 87.3 Å². The Morgan fingerprint density at radius 3 is 2.38 bits per heavy atom. The number of hydrogen-bond donors (Lipinski definition) is 3. The van der Waals surface area contributed by atoms with E-state index in [1.54, 1.807) is 6.07 Å². The van der Waals surface area contributed by atoms with Gasteiger partial charge in [-0.2, -0.15) is 0 Å². The van der Waals surface area contributed by atoms with E-state index in [2.05, 4.69) is 16.2 Å². The van der Waals surface area contributed by atoms with Gasteiger partial charge in [0.2, 0.25) is 5.91 Å². The molecule has 0 saturated carbocycles. The molecule has 0 heterocycles. The second-order valence-corrected chi connectivity index (χ2v) is 6.91. The zero-order valence-corrected chi connectivity index (χ0v) is 16.4. The van der Waals surface area contributed by atoms with Crippen LogP contribution in [0, 0.1) is 13.8 Å². The van der Waals surface area contributed by atoms with E-state index in [0.29, 0.717) is 5.56 Å². The highest BCUT2D eigenvalue weighted by atomic mass is 16.2. The van der Waals surface area contributed by atoms with E-state index in [1.165, 1.54) is 0 Å². The first-order valence-electron chi connectivity index (χ1n) is 9.34. The number of aryl methyl sites for hydroxylation is 2. The first kappa shape index (κ1) is 20.1. The minimum absolute atomic E-state index is 0.170. The third kappa shape index (κ3) is 5.19. The Morgan fingerprint density at radius 1 is 0.828 bits per heavy atom. The summed E-state index contributed by atoms with van der Waals surface area (Å²) in [4.78, 5) is 36.3. The van der Waals surface area contributed by atoms with Crippen LogP contribution in [0.5, 0.6) is 0 Å². The van der Waals surface area contributed by atoms with E-state index in [0.717, 1.165) is 27.5 Å². The molecule has 0 aliphatic rings. The van der Waals surface area contributed by atoms with Crippen LogP contribution in [0.25, 0.3) is 10.8 Å². The van der Waals surface area contributed by atoms with Gasteiger partial charge in [0.25, 0.3) is 11.8 Å². The Morgan fingerprint density at radius 2 is 1.59 bits per heavy atom. The van der Waals surface area contributed by atoms with Crippen molar-refractivity contribution in [1.29, 1.82) is 0 Å². The molecule has 29 heavy (non-hydrogen) atoms. The lowest BCUT2D eigenvalue weighted by Crippen LogP contribution is -2.46. The van der Waals surface area contributed by atoms with Crippen LogP contribution in [0.4, 0.5) is 0 Å². The second kappa shape index (κ2) is 9.01. The van der Waals surface area contributed by atoms with E-state index in [1.807, 2.05) is 68.4 Å². The summed E-state index contributed by atoms with van der Waals surface area (Å²) < 4.78 is 0. The molecule has 3 N–H and O–H groups in total. The lowest BCUT2D eigenvalue weighted by Gasteiger charge is -2.11. The summed E-state index contributed by atoms with van der Waals surface area (Å²) >= 11 is 0. The predicted octanol–water partition coefficient (Wildman–Crippen LogP) is 2.58. The van der Waals surface area contributed by atoms with Crippen molar-refractivity contribution in [3.8, 4) is 0 Å². The molecule has 0 unspecified atom stereocenters. The normalized spacial score (nSPS) is 10.4. The number of fused-ring (bicyclic) bond motifs is 1. The zero-order valence-electron chi connectivity index (χ0n) is 16.4. The number of hydrazine groups is 1. The van der Waals surface area contributed by atoms with Crippen molar-refractivity contribution in [2.75, 3.05) is 6.54 Å². The van der Waals surface area contributed by atoms with Crippen LogP contribution in [0.3, 0.4) is 0 Å². The summed E-state index contributed by atoms with van der Waals surface area (Å²) in [6.45, 7) is 3.55. The largest absolute Gasteiger partial charge is 0.347 e. The SMILES string of the molecule is Cc1ccc(C(=O)NNC(=O)CNC(=O)Cc2cccc3ccccc23)c(C)c1.